The smallest absolute Gasteiger partial charge is 0.109 e. The van der Waals surface area contributed by atoms with Crippen LogP contribution in [-0.4, -0.2) is 24.7 Å². The topological polar surface area (TPSA) is 37.0 Å². The fourth-order valence-electron chi connectivity index (χ4n) is 4.59. The van der Waals surface area contributed by atoms with Gasteiger partial charge >= 0.3 is 0 Å². The minimum absolute atomic E-state index is 0.160. The molecule has 0 radical (unpaired) electrons. The largest absolute Gasteiger partial charge is 0.372 e. The molecule has 3 atom stereocenters. The lowest BCUT2D eigenvalue weighted by molar-refractivity contribution is -0.0838. The lowest BCUT2D eigenvalue weighted by atomic mass is 9.69. The van der Waals surface area contributed by atoms with E-state index in [2.05, 4.69) is 41.6 Å². The van der Waals surface area contributed by atoms with Crippen molar-refractivity contribution in [3.05, 3.63) is 35.5 Å². The molecule has 0 amide bonds. The summed E-state index contributed by atoms with van der Waals surface area (Å²) in [5, 5.41) is 5.18. The number of ether oxygens (including phenoxy) is 1. The molecule has 3 nitrogen and oxygen atoms in total. The summed E-state index contributed by atoms with van der Waals surface area (Å²) in [5.74, 6) is 0.710. The van der Waals surface area contributed by atoms with Crippen LogP contribution < -0.4 is 5.32 Å². The number of nitrogens with one attached hydrogen (secondary N) is 2. The van der Waals surface area contributed by atoms with Crippen molar-refractivity contribution in [2.45, 2.75) is 44.2 Å². The van der Waals surface area contributed by atoms with Crippen molar-refractivity contribution >= 4 is 10.9 Å². The molecule has 1 unspecified atom stereocenters. The highest BCUT2D eigenvalue weighted by Crippen LogP contribution is 2.47. The summed E-state index contributed by atoms with van der Waals surface area (Å²) in [4.78, 5) is 3.42. The van der Waals surface area contributed by atoms with Crippen LogP contribution in [0.4, 0.5) is 0 Å². The first-order valence-electron chi connectivity index (χ1n) is 8.16. The number of fused-ring (bicyclic) bond motifs is 2. The third-order valence-electron chi connectivity index (χ3n) is 5.54. The first-order valence-corrected chi connectivity index (χ1v) is 8.16. The normalized spacial score (nSPS) is 31.3. The molecule has 3 heteroatoms. The van der Waals surface area contributed by atoms with Crippen molar-refractivity contribution in [2.75, 3.05) is 13.7 Å². The fourth-order valence-corrected chi connectivity index (χ4v) is 4.59. The van der Waals surface area contributed by atoms with Crippen LogP contribution in [-0.2, 0) is 16.8 Å². The van der Waals surface area contributed by atoms with Crippen LogP contribution in [0.2, 0.25) is 0 Å². The third kappa shape index (κ3) is 1.80. The van der Waals surface area contributed by atoms with Gasteiger partial charge in [0.05, 0.1) is 0 Å². The van der Waals surface area contributed by atoms with Gasteiger partial charge in [-0.05, 0) is 48.9 Å². The summed E-state index contributed by atoms with van der Waals surface area (Å²) in [6.45, 7) is 3.40. The molecule has 1 fully saturated rings. The Balaban J connectivity index is 1.87. The molecule has 1 aromatic carbocycles. The van der Waals surface area contributed by atoms with Crippen molar-refractivity contribution < 1.29 is 4.74 Å². The van der Waals surface area contributed by atoms with Gasteiger partial charge in [0.25, 0.3) is 0 Å². The van der Waals surface area contributed by atoms with Crippen LogP contribution in [0.25, 0.3) is 10.9 Å². The average molecular weight is 284 g/mol. The molecule has 4 rings (SSSR count). The number of aromatic amines is 1. The van der Waals surface area contributed by atoms with Crippen LogP contribution in [0.5, 0.6) is 0 Å². The number of H-pyrrole nitrogens is 1. The zero-order valence-corrected chi connectivity index (χ0v) is 12.9. The molecule has 2 N–H and O–H groups in total. The minimum atomic E-state index is -0.160. The van der Waals surface area contributed by atoms with E-state index in [1.165, 1.54) is 34.9 Å². The zero-order valence-electron chi connectivity index (χ0n) is 12.9. The van der Waals surface area contributed by atoms with E-state index in [1.807, 2.05) is 7.11 Å². The Morgan fingerprint density at radius 1 is 1.38 bits per heavy atom. The van der Waals surface area contributed by atoms with E-state index < -0.39 is 0 Å². The van der Waals surface area contributed by atoms with Crippen LogP contribution in [0.15, 0.2) is 24.4 Å². The van der Waals surface area contributed by atoms with E-state index in [-0.39, 0.29) is 5.60 Å². The highest BCUT2D eigenvalue weighted by atomic mass is 16.5. The lowest BCUT2D eigenvalue weighted by Crippen LogP contribution is -2.58. The van der Waals surface area contributed by atoms with E-state index >= 15 is 0 Å². The summed E-state index contributed by atoms with van der Waals surface area (Å²) in [7, 11) is 1.89. The Morgan fingerprint density at radius 2 is 2.29 bits per heavy atom. The fraction of sp³-hybridized carbons (Fsp3) is 0.556. The molecule has 0 spiro atoms. The second kappa shape index (κ2) is 4.85. The Labute approximate surface area is 126 Å². The van der Waals surface area contributed by atoms with Gasteiger partial charge < -0.3 is 15.0 Å². The molecule has 2 aliphatic rings. The summed E-state index contributed by atoms with van der Waals surface area (Å²) in [6.07, 6.45) is 6.90. The third-order valence-corrected chi connectivity index (χ3v) is 5.54. The molecule has 2 heterocycles. The maximum Gasteiger partial charge on any atom is 0.109 e. The van der Waals surface area contributed by atoms with Gasteiger partial charge in [0.1, 0.15) is 5.60 Å². The Hall–Kier alpha value is -1.32. The monoisotopic (exact) mass is 284 g/mol. The molecule has 21 heavy (non-hydrogen) atoms. The molecule has 1 saturated heterocycles. The summed E-state index contributed by atoms with van der Waals surface area (Å²) < 4.78 is 6.20. The zero-order chi connectivity index (χ0) is 14.4. The van der Waals surface area contributed by atoms with E-state index in [0.29, 0.717) is 12.0 Å². The van der Waals surface area contributed by atoms with Crippen LogP contribution in [0, 0.1) is 5.92 Å². The highest BCUT2D eigenvalue weighted by molar-refractivity contribution is 5.88. The van der Waals surface area contributed by atoms with Gasteiger partial charge in [-0.3, -0.25) is 0 Å². The molecule has 2 aromatic rings. The molecule has 0 saturated carbocycles. The molecule has 0 bridgehead atoms. The number of benzene rings is 1. The average Bonchev–Trinajstić information content (AvgIpc) is 2.93. The lowest BCUT2D eigenvalue weighted by Gasteiger charge is -2.49. The number of hydrogen-bond acceptors (Lipinski definition) is 2. The van der Waals surface area contributed by atoms with Gasteiger partial charge in [-0.15, -0.1) is 0 Å². The standard InChI is InChI=1S/C18H24N2O/c1-3-5-12-9-18(21-2)14-6-4-7-15-17(14)13(11-19-15)8-16(18)20-10-12/h4,6-7,11-12,16,19-20H,3,5,8-10H2,1-2H3/t12?,16-,18+/m1/s1. The second-order valence-corrected chi connectivity index (χ2v) is 6.66. The number of rotatable bonds is 3. The van der Waals surface area contributed by atoms with Gasteiger partial charge in [-0.25, -0.2) is 0 Å². The van der Waals surface area contributed by atoms with Crippen molar-refractivity contribution in [1.82, 2.24) is 10.3 Å². The molecule has 112 valence electrons. The van der Waals surface area contributed by atoms with Crippen LogP contribution in [0.3, 0.4) is 0 Å². The summed E-state index contributed by atoms with van der Waals surface area (Å²) in [5.41, 5.74) is 3.89. The Kier molecular flexibility index (Phi) is 3.09. The van der Waals surface area contributed by atoms with Crippen molar-refractivity contribution in [2.24, 2.45) is 5.92 Å². The molecule has 1 aliphatic heterocycles. The summed E-state index contributed by atoms with van der Waals surface area (Å²) >= 11 is 0. The molecule has 1 aliphatic carbocycles. The Morgan fingerprint density at radius 3 is 3.10 bits per heavy atom. The molecular formula is C18H24N2O. The highest BCUT2D eigenvalue weighted by Gasteiger charge is 2.48. The molecule has 1 aromatic heterocycles. The maximum absolute atomic E-state index is 6.20. The van der Waals surface area contributed by atoms with E-state index in [9.17, 15) is 0 Å². The Bertz CT molecular complexity index is 662. The van der Waals surface area contributed by atoms with Crippen LogP contribution >= 0.6 is 0 Å². The van der Waals surface area contributed by atoms with Crippen molar-refractivity contribution in [3.8, 4) is 0 Å². The minimum Gasteiger partial charge on any atom is -0.372 e. The van der Waals surface area contributed by atoms with Crippen molar-refractivity contribution in [1.29, 1.82) is 0 Å². The van der Waals surface area contributed by atoms with E-state index in [1.54, 1.807) is 0 Å². The van der Waals surface area contributed by atoms with E-state index in [4.69, 9.17) is 4.74 Å². The van der Waals surface area contributed by atoms with Gasteiger partial charge in [0, 0.05) is 30.3 Å². The second-order valence-electron chi connectivity index (χ2n) is 6.66. The number of piperidine rings is 1. The number of methoxy groups -OCH3 is 1. The van der Waals surface area contributed by atoms with Crippen LogP contribution in [0.1, 0.15) is 37.3 Å². The summed E-state index contributed by atoms with van der Waals surface area (Å²) in [6, 6.07) is 6.99. The number of aromatic nitrogens is 1. The quantitative estimate of drug-likeness (QED) is 0.907. The van der Waals surface area contributed by atoms with Gasteiger partial charge in [-0.1, -0.05) is 25.5 Å². The van der Waals surface area contributed by atoms with Gasteiger partial charge in [0.15, 0.2) is 0 Å². The molecular weight excluding hydrogens is 260 g/mol. The van der Waals surface area contributed by atoms with Crippen molar-refractivity contribution in [3.63, 3.8) is 0 Å². The van der Waals surface area contributed by atoms with E-state index in [0.717, 1.165) is 19.4 Å². The number of hydrogen-bond donors (Lipinski definition) is 2. The predicted molar refractivity (Wildman–Crippen MR) is 85.5 cm³/mol. The first kappa shape index (κ1) is 13.4. The maximum atomic E-state index is 6.20. The first-order chi connectivity index (χ1) is 10.3. The predicted octanol–water partition coefficient (Wildman–Crippen LogP) is 3.34. The SMILES string of the molecule is CCCC1CN[C@@H]2Cc3c[nH]c4cccc(c34)[C@@]2(OC)C1. The van der Waals surface area contributed by atoms with Gasteiger partial charge in [-0.2, -0.15) is 0 Å². The van der Waals surface area contributed by atoms with Gasteiger partial charge in [0.2, 0.25) is 0 Å².